The minimum Gasteiger partial charge on any atom is -0.335 e. The molecule has 8 aliphatic rings. The molecule has 4 fully saturated rings. The number of hydrogen-bond donors (Lipinski definition) is 0. The van der Waals surface area contributed by atoms with Crippen LogP contribution in [0, 0.1) is 35.8 Å². The van der Waals surface area contributed by atoms with E-state index >= 15 is 0 Å². The topological polar surface area (TPSA) is 69.3 Å². The van der Waals surface area contributed by atoms with Crippen LogP contribution in [0.5, 0.6) is 0 Å². The molecule has 0 spiro atoms. The molecule has 4 aliphatic carbocycles. The van der Waals surface area contributed by atoms with Gasteiger partial charge in [-0.05, 0) is 354 Å². The predicted octanol–water partition coefficient (Wildman–Crippen LogP) is 33.3. The first-order valence-corrected chi connectivity index (χ1v) is 47.6. The van der Waals surface area contributed by atoms with E-state index in [1.54, 1.807) is 0 Å². The summed E-state index contributed by atoms with van der Waals surface area (Å²) in [6.07, 6.45) is 17.8. The Labute approximate surface area is 762 Å². The van der Waals surface area contributed by atoms with Crippen molar-refractivity contribution in [1.29, 1.82) is 10.5 Å². The van der Waals surface area contributed by atoms with Gasteiger partial charge in [0.1, 0.15) is 0 Å². The Bertz CT molecular complexity index is 7000. The van der Waals surface area contributed by atoms with Gasteiger partial charge in [0.25, 0.3) is 0 Å². The molecule has 0 radical (unpaired) electrons. The van der Waals surface area contributed by atoms with Gasteiger partial charge in [-0.15, -0.1) is 0 Å². The molecule has 0 saturated heterocycles. The van der Waals surface area contributed by atoms with Crippen molar-refractivity contribution in [3.63, 3.8) is 0 Å². The van der Waals surface area contributed by atoms with Crippen molar-refractivity contribution >= 4 is 122 Å². The van der Waals surface area contributed by atoms with Gasteiger partial charge in [-0.1, -0.05) is 237 Å². The molecule has 4 heterocycles. The van der Waals surface area contributed by atoms with Gasteiger partial charge in [0, 0.05) is 67.2 Å². The summed E-state index contributed by atoms with van der Waals surface area (Å²) >= 11 is 0. The molecule has 17 aromatic rings. The first-order valence-electron chi connectivity index (χ1n) is 47.6. The Kier molecular flexibility index (Phi) is 16.7. The highest BCUT2D eigenvalue weighted by atomic mass is 15.3. The zero-order chi connectivity index (χ0) is 88.1. The lowest BCUT2D eigenvalue weighted by Crippen LogP contribution is -2.54. The van der Waals surface area contributed by atoms with Crippen molar-refractivity contribution in [3.05, 3.63) is 335 Å². The quantitative estimate of drug-likeness (QED) is 0.127. The molecule has 8 nitrogen and oxygen atoms in total. The minimum atomic E-state index is -0.214. The molecule has 0 amide bonds. The van der Waals surface area contributed by atoms with Gasteiger partial charge in [-0.2, -0.15) is 10.5 Å². The Morgan fingerprint density at radius 2 is 0.500 bits per heavy atom. The summed E-state index contributed by atoms with van der Waals surface area (Å²) < 4.78 is 0. The first-order chi connectivity index (χ1) is 63.2. The van der Waals surface area contributed by atoms with Crippen molar-refractivity contribution in [1.82, 2.24) is 0 Å². The van der Waals surface area contributed by atoms with Crippen molar-refractivity contribution in [2.45, 2.75) is 202 Å². The number of benzene rings is 15. The first kappa shape index (κ1) is 78.3. The second-order valence-corrected chi connectivity index (χ2v) is 41.2. The third kappa shape index (κ3) is 10.2. The smallest absolute Gasteiger partial charge is 0.187 e. The third-order valence-corrected chi connectivity index (χ3v) is 35.7. The van der Waals surface area contributed by atoms with Gasteiger partial charge in [-0.3, -0.25) is 0 Å². The summed E-state index contributed by atoms with van der Waals surface area (Å²) in [6.45, 7) is 36.2. The van der Waals surface area contributed by atoms with Gasteiger partial charge in [-0.25, -0.2) is 9.69 Å². The summed E-state index contributed by atoms with van der Waals surface area (Å²) in [4.78, 5) is 18.3. The zero-order valence-corrected chi connectivity index (χ0v) is 75.4. The second kappa shape index (κ2) is 27.8. The van der Waals surface area contributed by atoms with E-state index in [1.165, 1.54) is 176 Å². The van der Waals surface area contributed by atoms with E-state index in [9.17, 15) is 10.5 Å². The van der Waals surface area contributed by atoms with Crippen molar-refractivity contribution in [2.24, 2.45) is 0 Å². The maximum Gasteiger partial charge on any atom is 0.187 e. The molecule has 0 bridgehead atoms. The highest BCUT2D eigenvalue weighted by Crippen LogP contribution is 2.69. The number of rotatable bonds is 10. The fourth-order valence-corrected chi connectivity index (χ4v) is 28.4. The van der Waals surface area contributed by atoms with Crippen molar-refractivity contribution in [2.75, 3.05) is 19.6 Å². The molecule has 0 N–H and O–H groups in total. The van der Waals surface area contributed by atoms with Gasteiger partial charge in [0.2, 0.25) is 0 Å². The lowest BCUT2D eigenvalue weighted by molar-refractivity contribution is 0.195. The SMILES string of the molecule is [C-]#[N+]c1ccc(N2c3ccc(-c4ccc5c6c(-c7ccccc7)c7c8ccc(-c9ccc%10c(c9)C9(C)CCCCC9(C)N%10c9ccc(C#N)cc9)c9c(-c%10ccc%11c(c%10)C%10(C)CCCCC%10(C)N%11c%10ccc(C#N)cc%10)ccc(c7c(-c7ccccc7)c6c6ccc(-c7ccc%10c(c7)C7(C)CCCCC7(C)N%10c7ccc([N+]#[C-])cc7)c4c56)c98)cc3C3(C)CCCCC23C)cc1. The molecule has 8 atom stereocenters. The van der Waals surface area contributed by atoms with Crippen LogP contribution >= 0.6 is 0 Å². The Morgan fingerprint density at radius 3 is 0.746 bits per heavy atom. The molecule has 4 aliphatic heterocycles. The maximum atomic E-state index is 10.1. The molecular formula is C122H102N8. The molecule has 130 heavy (non-hydrogen) atoms. The van der Waals surface area contributed by atoms with E-state index in [0.717, 1.165) is 125 Å². The molecule has 17 aromatic carbocycles. The number of hydrogen-bond acceptors (Lipinski definition) is 6. The molecule has 4 saturated carbocycles. The highest BCUT2D eigenvalue weighted by molar-refractivity contribution is 6.48. The van der Waals surface area contributed by atoms with E-state index in [0.29, 0.717) is 22.5 Å². The average Bonchev–Trinajstić information content (AvgIpc) is 1.50. The van der Waals surface area contributed by atoms with Crippen molar-refractivity contribution in [3.8, 4) is 78.9 Å². The number of nitriles is 2. The van der Waals surface area contributed by atoms with Gasteiger partial charge in [0.15, 0.2) is 11.4 Å². The monoisotopic (exact) mass is 1680 g/mol. The van der Waals surface area contributed by atoms with E-state index in [2.05, 4.69) is 327 Å². The number of fused-ring (bicyclic) bond motifs is 18. The largest absolute Gasteiger partial charge is 0.335 e. The van der Waals surface area contributed by atoms with Crippen LogP contribution in [0.2, 0.25) is 0 Å². The minimum absolute atomic E-state index is 0.178. The fourth-order valence-electron chi connectivity index (χ4n) is 28.4. The van der Waals surface area contributed by atoms with Crippen molar-refractivity contribution < 1.29 is 0 Å². The number of nitrogens with zero attached hydrogens (tertiary/aromatic N) is 8. The van der Waals surface area contributed by atoms with Crippen LogP contribution < -0.4 is 19.6 Å². The molecule has 8 heteroatoms. The van der Waals surface area contributed by atoms with Crippen LogP contribution in [-0.4, -0.2) is 22.2 Å². The predicted molar refractivity (Wildman–Crippen MR) is 540 cm³/mol. The van der Waals surface area contributed by atoms with E-state index < -0.39 is 0 Å². The Morgan fingerprint density at radius 1 is 0.254 bits per heavy atom. The highest BCUT2D eigenvalue weighted by Gasteiger charge is 2.62. The molecule has 25 rings (SSSR count). The normalized spacial score (nSPS) is 24.6. The lowest BCUT2D eigenvalue weighted by Gasteiger charge is -2.50. The summed E-state index contributed by atoms with van der Waals surface area (Å²) in [5.41, 5.74) is 30.8. The molecule has 8 unspecified atom stereocenters. The Hall–Kier alpha value is -14.0. The van der Waals surface area contributed by atoms with Crippen LogP contribution in [0.3, 0.4) is 0 Å². The van der Waals surface area contributed by atoms with Crippen LogP contribution in [0.15, 0.2) is 279 Å². The maximum absolute atomic E-state index is 10.1. The van der Waals surface area contributed by atoms with E-state index in [-0.39, 0.29) is 43.8 Å². The summed E-state index contributed by atoms with van der Waals surface area (Å²) in [6, 6.07) is 111. The molecule has 630 valence electrons. The van der Waals surface area contributed by atoms with E-state index in [4.69, 9.17) is 13.1 Å². The zero-order valence-electron chi connectivity index (χ0n) is 75.4. The summed E-state index contributed by atoms with van der Waals surface area (Å²) in [5, 5.41) is 35.3. The van der Waals surface area contributed by atoms with Crippen LogP contribution in [0.25, 0.3) is 141 Å². The van der Waals surface area contributed by atoms with Gasteiger partial charge < -0.3 is 19.6 Å². The second-order valence-electron chi connectivity index (χ2n) is 41.2. The standard InChI is InChI=1S/C122H102N8/c1-115-61-17-21-65-119(115,5)127(85-41-29-75(73-123)30-42-85)101-57-33-79(69-97(101)115)89-49-53-93-109-94(54-50-90(107(89)109)80-34-58-102-98(70-80)116(2)62-18-22-66-120(116,6)128(102)86-43-31-76(74-124)32-44-86)112-106(78-27-15-12-16-28-78)114-96-56-52-92(82-36-60-104-100(72-82)118(4)64-20-24-68-122(118,8)130(104)88-47-39-84(126-10)40-48-88)108-91(51-55-95(110(96)108)113(114)105(111(93)112)77-25-13-11-14-26-77)81-35-59-103-99(71-81)117(3)63-19-23-67-121(117,7)129(103)87-45-37-83(125-9)38-46-87/h11-16,25-60,69-72H,17-24,61-68H2,1-8H3. The van der Waals surface area contributed by atoms with Crippen LogP contribution in [0.4, 0.5) is 56.9 Å². The van der Waals surface area contributed by atoms with Gasteiger partial charge in [0.05, 0.1) is 58.6 Å². The molecule has 0 aromatic heterocycles. The van der Waals surface area contributed by atoms with Crippen LogP contribution in [0.1, 0.15) is 192 Å². The summed E-state index contributed by atoms with van der Waals surface area (Å²) in [5.74, 6) is 0. The third-order valence-electron chi connectivity index (χ3n) is 35.7. The Balaban J connectivity index is 0.786. The van der Waals surface area contributed by atoms with Crippen LogP contribution in [-0.2, 0) is 21.7 Å². The van der Waals surface area contributed by atoms with Gasteiger partial charge >= 0.3 is 0 Å². The average molecular weight is 1680 g/mol. The number of anilines is 8. The van der Waals surface area contributed by atoms with E-state index in [1.807, 2.05) is 48.5 Å². The fraction of sp³-hybridized carbons (Fsp3) is 0.262. The lowest BCUT2D eigenvalue weighted by atomic mass is 9.61. The summed E-state index contributed by atoms with van der Waals surface area (Å²) in [7, 11) is 0. The molecular weight excluding hydrogens is 1580 g/mol.